The highest BCUT2D eigenvalue weighted by Gasteiger charge is 2.27. The molecule has 1 fully saturated rings. The van der Waals surface area contributed by atoms with Crippen LogP contribution in [0.4, 0.5) is 4.39 Å². The van der Waals surface area contributed by atoms with Gasteiger partial charge in [-0.05, 0) is 36.4 Å². The molecule has 0 aliphatic carbocycles. The van der Waals surface area contributed by atoms with Crippen LogP contribution in [0.5, 0.6) is 0 Å². The van der Waals surface area contributed by atoms with Gasteiger partial charge in [-0.15, -0.1) is 11.8 Å². The lowest BCUT2D eigenvalue weighted by Gasteiger charge is -2.41. The first kappa shape index (κ1) is 19.4. The maximum Gasteiger partial charge on any atom is 0.127 e. The first-order chi connectivity index (χ1) is 12.7. The number of hydrogen-bond acceptors (Lipinski definition) is 4. The molecule has 5 heteroatoms. The van der Waals surface area contributed by atoms with Crippen molar-refractivity contribution in [2.24, 2.45) is 0 Å². The summed E-state index contributed by atoms with van der Waals surface area (Å²) in [6, 6.07) is 15.9. The smallest absolute Gasteiger partial charge is 0.127 e. The van der Waals surface area contributed by atoms with E-state index in [0.717, 1.165) is 38.2 Å². The molecule has 0 bridgehead atoms. The topological polar surface area (TPSA) is 26.7 Å². The van der Waals surface area contributed by atoms with Crippen LogP contribution in [0, 0.1) is 5.82 Å². The first-order valence-corrected chi connectivity index (χ1v) is 10.4. The largest absolute Gasteiger partial charge is 0.396 e. The highest BCUT2D eigenvalue weighted by Crippen LogP contribution is 2.21. The minimum atomic E-state index is -0.147. The molecule has 140 valence electrons. The van der Waals surface area contributed by atoms with E-state index in [-0.39, 0.29) is 18.5 Å². The molecule has 2 aromatic carbocycles. The second-order valence-electron chi connectivity index (χ2n) is 6.81. The summed E-state index contributed by atoms with van der Waals surface area (Å²) in [6.45, 7) is 4.44. The molecule has 3 rings (SSSR count). The zero-order valence-corrected chi connectivity index (χ0v) is 16.1. The highest BCUT2D eigenvalue weighted by atomic mass is 32.2. The molecule has 1 aliphatic rings. The van der Waals surface area contributed by atoms with E-state index in [9.17, 15) is 9.50 Å². The van der Waals surface area contributed by atoms with Crippen LogP contribution in [0.25, 0.3) is 0 Å². The number of halogens is 1. The van der Waals surface area contributed by atoms with E-state index in [1.165, 1.54) is 16.5 Å². The molecule has 0 spiro atoms. The van der Waals surface area contributed by atoms with Gasteiger partial charge in [0.05, 0.1) is 0 Å². The van der Waals surface area contributed by atoms with E-state index < -0.39 is 0 Å². The fraction of sp³-hybridized carbons (Fsp3) is 0.429. The van der Waals surface area contributed by atoms with Gasteiger partial charge in [0.15, 0.2) is 0 Å². The number of rotatable bonds is 7. The van der Waals surface area contributed by atoms with E-state index in [0.29, 0.717) is 6.54 Å². The Hall–Kier alpha value is -1.40. The van der Waals surface area contributed by atoms with Crippen molar-refractivity contribution in [3.05, 3.63) is 65.5 Å². The van der Waals surface area contributed by atoms with Crippen molar-refractivity contribution in [1.82, 2.24) is 9.80 Å². The monoisotopic (exact) mass is 374 g/mol. The summed E-state index contributed by atoms with van der Waals surface area (Å²) in [6.07, 6.45) is 2.81. The Morgan fingerprint density at radius 2 is 1.96 bits per heavy atom. The predicted octanol–water partition coefficient (Wildman–Crippen LogP) is 3.62. The van der Waals surface area contributed by atoms with Gasteiger partial charge in [0, 0.05) is 55.8 Å². The van der Waals surface area contributed by atoms with Crippen LogP contribution in [0.15, 0.2) is 53.4 Å². The minimum Gasteiger partial charge on any atom is -0.396 e. The second-order valence-corrected chi connectivity index (χ2v) is 7.69. The molecule has 1 atom stereocenters. The molecule has 1 heterocycles. The third-order valence-corrected chi connectivity index (χ3v) is 5.75. The Morgan fingerprint density at radius 1 is 1.12 bits per heavy atom. The molecular formula is C21H27FN2OS. The number of benzene rings is 2. The summed E-state index contributed by atoms with van der Waals surface area (Å²) < 4.78 is 14.0. The Balaban J connectivity index is 1.64. The quantitative estimate of drug-likeness (QED) is 0.749. The Morgan fingerprint density at radius 3 is 2.73 bits per heavy atom. The number of aliphatic hydroxyl groups is 1. The Bertz CT molecular complexity index is 712. The van der Waals surface area contributed by atoms with Gasteiger partial charge >= 0.3 is 0 Å². The Kier molecular flexibility index (Phi) is 7.08. The SMILES string of the molecule is CSc1cccc(CN2CCN(Cc3ccccc3F)[C@H](CCO)C2)c1. The van der Waals surface area contributed by atoms with Crippen molar-refractivity contribution < 1.29 is 9.50 Å². The van der Waals surface area contributed by atoms with Gasteiger partial charge in [-0.1, -0.05) is 30.3 Å². The predicted molar refractivity (Wildman–Crippen MR) is 106 cm³/mol. The van der Waals surface area contributed by atoms with Crippen molar-refractivity contribution in [2.75, 3.05) is 32.5 Å². The fourth-order valence-electron chi connectivity index (χ4n) is 3.61. The number of thioether (sulfide) groups is 1. The van der Waals surface area contributed by atoms with Crippen molar-refractivity contribution in [3.8, 4) is 0 Å². The maximum absolute atomic E-state index is 14.0. The van der Waals surface area contributed by atoms with Gasteiger partial charge in [0.25, 0.3) is 0 Å². The standard InChI is InChI=1S/C21H27FN2OS/c1-26-20-7-4-5-17(13-20)14-23-10-11-24(19(16-23)9-12-25)15-18-6-2-3-8-21(18)22/h2-8,13,19,25H,9-12,14-16H2,1H3/t19-/m1/s1. The Labute approximate surface area is 159 Å². The fourth-order valence-corrected chi connectivity index (χ4v) is 4.09. The average Bonchev–Trinajstić information content (AvgIpc) is 2.66. The van der Waals surface area contributed by atoms with Gasteiger partial charge in [-0.3, -0.25) is 9.80 Å². The van der Waals surface area contributed by atoms with Gasteiger partial charge < -0.3 is 5.11 Å². The molecule has 0 amide bonds. The van der Waals surface area contributed by atoms with E-state index >= 15 is 0 Å². The van der Waals surface area contributed by atoms with E-state index in [2.05, 4.69) is 40.3 Å². The summed E-state index contributed by atoms with van der Waals surface area (Å²) in [5, 5.41) is 9.48. The molecule has 0 aromatic heterocycles. The minimum absolute atomic E-state index is 0.147. The van der Waals surface area contributed by atoms with Crippen LogP contribution < -0.4 is 0 Å². The first-order valence-electron chi connectivity index (χ1n) is 9.13. The average molecular weight is 375 g/mol. The zero-order chi connectivity index (χ0) is 18.4. The third-order valence-electron chi connectivity index (χ3n) is 5.02. The van der Waals surface area contributed by atoms with Crippen LogP contribution in [-0.4, -0.2) is 53.4 Å². The normalized spacial score (nSPS) is 19.0. The number of hydrogen-bond donors (Lipinski definition) is 1. The van der Waals surface area contributed by atoms with Crippen molar-refractivity contribution in [2.45, 2.75) is 30.4 Å². The van der Waals surface area contributed by atoms with Crippen LogP contribution >= 0.6 is 11.8 Å². The van der Waals surface area contributed by atoms with Gasteiger partial charge in [-0.25, -0.2) is 4.39 Å². The van der Waals surface area contributed by atoms with Gasteiger partial charge in [0.1, 0.15) is 5.82 Å². The van der Waals surface area contributed by atoms with Gasteiger partial charge in [0.2, 0.25) is 0 Å². The molecular weight excluding hydrogens is 347 g/mol. The second kappa shape index (κ2) is 9.51. The molecule has 0 radical (unpaired) electrons. The lowest BCUT2D eigenvalue weighted by Crippen LogP contribution is -2.52. The van der Waals surface area contributed by atoms with Crippen LogP contribution in [0.2, 0.25) is 0 Å². The molecule has 26 heavy (non-hydrogen) atoms. The number of nitrogens with zero attached hydrogens (tertiary/aromatic N) is 2. The molecule has 1 aliphatic heterocycles. The van der Waals surface area contributed by atoms with Crippen LogP contribution in [-0.2, 0) is 13.1 Å². The summed E-state index contributed by atoms with van der Waals surface area (Å²) in [4.78, 5) is 6.04. The molecule has 1 N–H and O–H groups in total. The molecule has 0 saturated carbocycles. The lowest BCUT2D eigenvalue weighted by atomic mass is 10.1. The molecule has 3 nitrogen and oxygen atoms in total. The number of piperazine rings is 1. The van der Waals surface area contributed by atoms with Crippen LogP contribution in [0.1, 0.15) is 17.5 Å². The molecule has 1 saturated heterocycles. The molecule has 0 unspecified atom stereocenters. The number of aliphatic hydroxyl groups excluding tert-OH is 1. The van der Waals surface area contributed by atoms with E-state index in [1.807, 2.05) is 12.1 Å². The highest BCUT2D eigenvalue weighted by molar-refractivity contribution is 7.98. The summed E-state index contributed by atoms with van der Waals surface area (Å²) in [5.41, 5.74) is 2.05. The molecule has 2 aromatic rings. The van der Waals surface area contributed by atoms with E-state index in [4.69, 9.17) is 0 Å². The summed E-state index contributed by atoms with van der Waals surface area (Å²) in [5.74, 6) is -0.147. The van der Waals surface area contributed by atoms with Crippen molar-refractivity contribution in [1.29, 1.82) is 0 Å². The summed E-state index contributed by atoms with van der Waals surface area (Å²) in [7, 11) is 0. The lowest BCUT2D eigenvalue weighted by molar-refractivity contribution is 0.0493. The third kappa shape index (κ3) is 5.07. The van der Waals surface area contributed by atoms with Crippen molar-refractivity contribution in [3.63, 3.8) is 0 Å². The van der Waals surface area contributed by atoms with Crippen molar-refractivity contribution >= 4 is 11.8 Å². The summed E-state index contributed by atoms with van der Waals surface area (Å²) >= 11 is 1.76. The van der Waals surface area contributed by atoms with E-state index in [1.54, 1.807) is 17.8 Å². The van der Waals surface area contributed by atoms with Crippen LogP contribution in [0.3, 0.4) is 0 Å². The van der Waals surface area contributed by atoms with Gasteiger partial charge in [-0.2, -0.15) is 0 Å². The zero-order valence-electron chi connectivity index (χ0n) is 15.3. The maximum atomic E-state index is 14.0.